The summed E-state index contributed by atoms with van der Waals surface area (Å²) in [6.07, 6.45) is 3.48. The molecule has 0 aromatic rings. The third kappa shape index (κ3) is 2.89. The van der Waals surface area contributed by atoms with Crippen molar-refractivity contribution in [2.45, 2.75) is 37.8 Å². The standard InChI is InChI=1S/C18H25NO5/c1-9-3-6-12-13(7-19-14(8-20)17(21)22)18(23)24-16(12)15-10(2)4-5-11(9)15/h11-16,19-20H,1-8H2,(H,21,22)/t11-,12-,13-,14-,15-,16-/m0/s1. The highest BCUT2D eigenvalue weighted by Gasteiger charge is 2.53. The number of allylic oxidation sites excluding steroid dienone is 1. The SMILES string of the molecule is C=C1CC[C@H]2C(=C)CC[C@@H]3[C@H](OC(=O)[C@H]3CN[C@@H](CO)C(=O)O)[C@@H]12. The van der Waals surface area contributed by atoms with Gasteiger partial charge in [-0.15, -0.1) is 0 Å². The fourth-order valence-electron chi connectivity index (χ4n) is 4.58. The molecule has 0 spiro atoms. The molecule has 2 aliphatic carbocycles. The van der Waals surface area contributed by atoms with Crippen molar-refractivity contribution < 1.29 is 24.5 Å². The molecule has 132 valence electrons. The van der Waals surface area contributed by atoms with Crippen molar-refractivity contribution in [1.29, 1.82) is 0 Å². The minimum atomic E-state index is -1.13. The van der Waals surface area contributed by atoms with Gasteiger partial charge in [-0.3, -0.25) is 9.59 Å². The Morgan fingerprint density at radius 1 is 1.29 bits per heavy atom. The summed E-state index contributed by atoms with van der Waals surface area (Å²) in [5.74, 6) is -1.25. The smallest absolute Gasteiger partial charge is 0.323 e. The van der Waals surface area contributed by atoms with E-state index in [1.807, 2.05) is 0 Å². The van der Waals surface area contributed by atoms with Gasteiger partial charge in [0.15, 0.2) is 0 Å². The molecule has 0 radical (unpaired) electrons. The third-order valence-corrected chi connectivity index (χ3v) is 5.92. The van der Waals surface area contributed by atoms with Crippen LogP contribution < -0.4 is 5.32 Å². The normalized spacial score (nSPS) is 36.7. The molecule has 0 amide bonds. The summed E-state index contributed by atoms with van der Waals surface area (Å²) in [5.41, 5.74) is 2.35. The van der Waals surface area contributed by atoms with Crippen LogP contribution in [0.4, 0.5) is 0 Å². The topological polar surface area (TPSA) is 95.9 Å². The summed E-state index contributed by atoms with van der Waals surface area (Å²) >= 11 is 0. The lowest BCUT2D eigenvalue weighted by Crippen LogP contribution is -2.44. The van der Waals surface area contributed by atoms with Crippen molar-refractivity contribution in [2.24, 2.45) is 23.7 Å². The average Bonchev–Trinajstić information content (AvgIpc) is 3.01. The van der Waals surface area contributed by atoms with Crippen molar-refractivity contribution in [2.75, 3.05) is 13.2 Å². The number of carbonyl (C=O) groups is 2. The molecule has 0 aromatic carbocycles. The quantitative estimate of drug-likeness (QED) is 0.514. The lowest BCUT2D eigenvalue weighted by Gasteiger charge is -2.27. The lowest BCUT2D eigenvalue weighted by molar-refractivity contribution is -0.146. The minimum absolute atomic E-state index is 0.0414. The van der Waals surface area contributed by atoms with Crippen LogP contribution in [0.3, 0.4) is 0 Å². The number of esters is 1. The van der Waals surface area contributed by atoms with Crippen molar-refractivity contribution in [3.8, 4) is 0 Å². The first-order valence-corrected chi connectivity index (χ1v) is 8.57. The Bertz CT molecular complexity index is 572. The molecule has 3 N–H and O–H groups in total. The van der Waals surface area contributed by atoms with Gasteiger partial charge in [-0.2, -0.15) is 0 Å². The maximum Gasteiger partial charge on any atom is 0.323 e. The molecule has 1 saturated heterocycles. The fraction of sp³-hybridized carbons (Fsp3) is 0.667. The van der Waals surface area contributed by atoms with E-state index in [0.29, 0.717) is 5.92 Å². The molecular formula is C18H25NO5. The molecule has 24 heavy (non-hydrogen) atoms. The first kappa shape index (κ1) is 17.2. The zero-order valence-corrected chi connectivity index (χ0v) is 13.7. The molecule has 0 bridgehead atoms. The summed E-state index contributed by atoms with van der Waals surface area (Å²) in [7, 11) is 0. The lowest BCUT2D eigenvalue weighted by atomic mass is 9.79. The molecule has 3 fully saturated rings. The monoisotopic (exact) mass is 335 g/mol. The molecular weight excluding hydrogens is 310 g/mol. The van der Waals surface area contributed by atoms with E-state index >= 15 is 0 Å². The number of fused-ring (bicyclic) bond motifs is 3. The number of hydrogen-bond donors (Lipinski definition) is 3. The molecule has 0 aromatic heterocycles. The summed E-state index contributed by atoms with van der Waals surface area (Å²) in [6.45, 7) is 8.09. The van der Waals surface area contributed by atoms with Gasteiger partial charge < -0.3 is 20.3 Å². The number of carboxylic acids is 1. The van der Waals surface area contributed by atoms with Crippen molar-refractivity contribution >= 4 is 11.9 Å². The number of rotatable bonds is 5. The third-order valence-electron chi connectivity index (χ3n) is 5.92. The van der Waals surface area contributed by atoms with Crippen molar-refractivity contribution in [1.82, 2.24) is 5.32 Å². The van der Waals surface area contributed by atoms with Crippen LogP contribution in [-0.4, -0.2) is 47.4 Å². The maximum absolute atomic E-state index is 12.4. The van der Waals surface area contributed by atoms with E-state index in [2.05, 4.69) is 18.5 Å². The van der Waals surface area contributed by atoms with Crippen LogP contribution >= 0.6 is 0 Å². The van der Waals surface area contributed by atoms with Crippen LogP contribution in [0.25, 0.3) is 0 Å². The second-order valence-corrected chi connectivity index (χ2v) is 7.18. The Balaban J connectivity index is 1.76. The summed E-state index contributed by atoms with van der Waals surface area (Å²) in [5, 5.41) is 20.9. The highest BCUT2D eigenvalue weighted by atomic mass is 16.6. The molecule has 2 saturated carbocycles. The number of hydrogen-bond acceptors (Lipinski definition) is 5. The Kier molecular flexibility index (Phi) is 4.78. The second-order valence-electron chi connectivity index (χ2n) is 7.18. The van der Waals surface area contributed by atoms with E-state index in [4.69, 9.17) is 14.9 Å². The zero-order chi connectivity index (χ0) is 17.4. The van der Waals surface area contributed by atoms with Gasteiger partial charge in [0.2, 0.25) is 0 Å². The fourth-order valence-corrected chi connectivity index (χ4v) is 4.58. The van der Waals surface area contributed by atoms with Crippen LogP contribution in [0.15, 0.2) is 24.3 Å². The largest absolute Gasteiger partial charge is 0.480 e. The van der Waals surface area contributed by atoms with Gasteiger partial charge in [-0.05, 0) is 31.6 Å². The van der Waals surface area contributed by atoms with Crippen LogP contribution in [0, 0.1) is 23.7 Å². The van der Waals surface area contributed by atoms with Crippen molar-refractivity contribution in [3.63, 3.8) is 0 Å². The summed E-state index contributed by atoms with van der Waals surface area (Å²) < 4.78 is 5.73. The number of aliphatic hydroxyl groups excluding tert-OH is 1. The Labute approximate surface area is 141 Å². The number of nitrogens with one attached hydrogen (secondary N) is 1. The van der Waals surface area contributed by atoms with E-state index < -0.39 is 18.6 Å². The Morgan fingerprint density at radius 3 is 2.67 bits per heavy atom. The Hall–Kier alpha value is -1.66. The molecule has 6 heteroatoms. The van der Waals surface area contributed by atoms with E-state index in [9.17, 15) is 9.59 Å². The van der Waals surface area contributed by atoms with Crippen LogP contribution in [0.5, 0.6) is 0 Å². The van der Waals surface area contributed by atoms with Gasteiger partial charge in [0.05, 0.1) is 12.5 Å². The molecule has 1 aliphatic heterocycles. The van der Waals surface area contributed by atoms with Gasteiger partial charge in [0, 0.05) is 18.4 Å². The zero-order valence-electron chi connectivity index (χ0n) is 13.7. The summed E-state index contributed by atoms with van der Waals surface area (Å²) in [6, 6.07) is -1.06. The summed E-state index contributed by atoms with van der Waals surface area (Å²) in [4.78, 5) is 23.4. The predicted molar refractivity (Wildman–Crippen MR) is 87.1 cm³/mol. The molecule has 6 atom stereocenters. The van der Waals surface area contributed by atoms with Crippen molar-refractivity contribution in [3.05, 3.63) is 24.3 Å². The molecule has 0 unspecified atom stereocenters. The molecule has 3 rings (SSSR count). The minimum Gasteiger partial charge on any atom is -0.480 e. The van der Waals surface area contributed by atoms with E-state index in [1.165, 1.54) is 5.57 Å². The van der Waals surface area contributed by atoms with Crippen LogP contribution in [0.2, 0.25) is 0 Å². The van der Waals surface area contributed by atoms with E-state index in [-0.39, 0.29) is 36.4 Å². The molecule has 6 nitrogen and oxygen atoms in total. The number of carboxylic acid groups (broad SMARTS) is 1. The van der Waals surface area contributed by atoms with Crippen LogP contribution in [-0.2, 0) is 14.3 Å². The van der Waals surface area contributed by atoms with Gasteiger partial charge in [0.25, 0.3) is 0 Å². The maximum atomic E-state index is 12.4. The first-order chi connectivity index (χ1) is 11.4. The van der Waals surface area contributed by atoms with Gasteiger partial charge in [-0.25, -0.2) is 0 Å². The number of ether oxygens (including phenoxy) is 1. The van der Waals surface area contributed by atoms with E-state index in [0.717, 1.165) is 31.3 Å². The van der Waals surface area contributed by atoms with Gasteiger partial charge >= 0.3 is 11.9 Å². The highest BCUT2D eigenvalue weighted by Crippen LogP contribution is 2.52. The highest BCUT2D eigenvalue weighted by molar-refractivity contribution is 5.76. The van der Waals surface area contributed by atoms with Gasteiger partial charge in [0.1, 0.15) is 12.1 Å². The van der Waals surface area contributed by atoms with Gasteiger partial charge in [-0.1, -0.05) is 24.3 Å². The second kappa shape index (κ2) is 6.69. The number of aliphatic carboxylic acids is 1. The number of carbonyl (C=O) groups excluding carboxylic acids is 1. The molecule has 1 heterocycles. The van der Waals surface area contributed by atoms with E-state index in [1.54, 1.807) is 0 Å². The first-order valence-electron chi connectivity index (χ1n) is 8.57. The Morgan fingerprint density at radius 2 is 2.00 bits per heavy atom. The molecule has 3 aliphatic rings. The van der Waals surface area contributed by atoms with Crippen LogP contribution in [0.1, 0.15) is 25.7 Å². The average molecular weight is 335 g/mol. The number of aliphatic hydroxyl groups is 1. The predicted octanol–water partition coefficient (Wildman–Crippen LogP) is 1.11.